The lowest BCUT2D eigenvalue weighted by molar-refractivity contribution is -0.384. The first-order valence-electron chi connectivity index (χ1n) is 6.26. The first kappa shape index (κ1) is 16.9. The first-order valence-corrected chi connectivity index (χ1v) is 6.64. The minimum absolute atomic E-state index is 0.0170. The lowest BCUT2D eigenvalue weighted by Crippen LogP contribution is -2.60. The van der Waals surface area contributed by atoms with Crippen LogP contribution in [0.2, 0.25) is 5.02 Å². The molecular weight excluding hydrogens is 322 g/mol. The Morgan fingerprint density at radius 1 is 1.27 bits per heavy atom. The Hall–Kier alpha value is -1.49. The van der Waals surface area contributed by atoms with Crippen LogP contribution in [0.4, 0.5) is 5.69 Å². The average Bonchev–Trinajstić information content (AvgIpc) is 2.49. The number of aliphatic hydroxyl groups is 4. The fraction of sp³-hybridized carbons (Fsp3) is 0.500. The van der Waals surface area contributed by atoms with E-state index in [9.17, 15) is 25.4 Å². The molecule has 1 aromatic carbocycles. The van der Waals surface area contributed by atoms with Crippen LogP contribution in [-0.2, 0) is 4.74 Å². The summed E-state index contributed by atoms with van der Waals surface area (Å²) in [4.78, 5) is 9.98. The second kappa shape index (κ2) is 6.73. The molecule has 10 heteroatoms. The summed E-state index contributed by atoms with van der Waals surface area (Å²) < 4.78 is 10.4. The minimum atomic E-state index is -1.59. The summed E-state index contributed by atoms with van der Waals surface area (Å²) >= 11 is 5.85. The number of halogens is 1. The topological polar surface area (TPSA) is 143 Å². The SMILES string of the molecule is O=[N+]([O-])c1ccc(OC2OC(CO)C(O)[C@H](O)C2O)c(Cl)c1. The van der Waals surface area contributed by atoms with Gasteiger partial charge in [0.05, 0.1) is 16.6 Å². The van der Waals surface area contributed by atoms with Crippen molar-refractivity contribution in [1.82, 2.24) is 0 Å². The van der Waals surface area contributed by atoms with E-state index in [0.29, 0.717) is 0 Å². The van der Waals surface area contributed by atoms with Gasteiger partial charge in [-0.2, -0.15) is 0 Å². The number of nitro groups is 1. The van der Waals surface area contributed by atoms with Gasteiger partial charge in [0, 0.05) is 12.1 Å². The third-order valence-electron chi connectivity index (χ3n) is 3.22. The van der Waals surface area contributed by atoms with Gasteiger partial charge in [-0.05, 0) is 6.07 Å². The molecule has 0 radical (unpaired) electrons. The quantitative estimate of drug-likeness (QED) is 0.423. The van der Waals surface area contributed by atoms with E-state index in [1.807, 2.05) is 0 Å². The predicted molar refractivity (Wildman–Crippen MR) is 72.5 cm³/mol. The predicted octanol–water partition coefficient (Wildman–Crippen LogP) is -0.573. The van der Waals surface area contributed by atoms with Crippen molar-refractivity contribution in [2.45, 2.75) is 30.7 Å². The standard InChI is InChI=1S/C12H14ClNO8/c13-6-3-5(14(19)20)1-2-7(6)21-12-11(18)10(17)9(16)8(4-15)22-12/h1-3,8-12,15-18H,4H2/t8?,9?,10-,11?,12?/m0/s1. The summed E-state index contributed by atoms with van der Waals surface area (Å²) in [7, 11) is 0. The monoisotopic (exact) mass is 335 g/mol. The zero-order valence-electron chi connectivity index (χ0n) is 11.1. The van der Waals surface area contributed by atoms with E-state index in [1.165, 1.54) is 6.07 Å². The zero-order chi connectivity index (χ0) is 16.4. The molecule has 1 saturated heterocycles. The third kappa shape index (κ3) is 3.29. The van der Waals surface area contributed by atoms with E-state index in [0.717, 1.165) is 12.1 Å². The van der Waals surface area contributed by atoms with Crippen molar-refractivity contribution in [2.24, 2.45) is 0 Å². The Morgan fingerprint density at radius 2 is 1.95 bits per heavy atom. The van der Waals surface area contributed by atoms with Crippen molar-refractivity contribution in [2.75, 3.05) is 6.61 Å². The summed E-state index contributed by atoms with van der Waals surface area (Å²) in [6.07, 6.45) is -7.22. The highest BCUT2D eigenvalue weighted by Gasteiger charge is 2.44. The fourth-order valence-corrected chi connectivity index (χ4v) is 2.21. The maximum absolute atomic E-state index is 10.6. The van der Waals surface area contributed by atoms with Gasteiger partial charge in [0.2, 0.25) is 6.29 Å². The maximum Gasteiger partial charge on any atom is 0.271 e. The van der Waals surface area contributed by atoms with Gasteiger partial charge in [-0.15, -0.1) is 0 Å². The molecule has 1 heterocycles. The van der Waals surface area contributed by atoms with Gasteiger partial charge in [0.25, 0.3) is 5.69 Å². The molecule has 0 bridgehead atoms. The molecule has 1 aliphatic rings. The highest BCUT2D eigenvalue weighted by atomic mass is 35.5. The molecule has 22 heavy (non-hydrogen) atoms. The number of ether oxygens (including phenoxy) is 2. The number of nitro benzene ring substituents is 1. The van der Waals surface area contributed by atoms with Crippen LogP contribution in [0.15, 0.2) is 18.2 Å². The van der Waals surface area contributed by atoms with Gasteiger partial charge in [-0.1, -0.05) is 11.6 Å². The normalized spacial score (nSPS) is 31.8. The van der Waals surface area contributed by atoms with E-state index in [4.69, 9.17) is 26.2 Å². The highest BCUT2D eigenvalue weighted by molar-refractivity contribution is 6.32. The highest BCUT2D eigenvalue weighted by Crippen LogP contribution is 2.31. The lowest BCUT2D eigenvalue weighted by atomic mass is 9.99. The van der Waals surface area contributed by atoms with Crippen LogP contribution in [-0.4, -0.2) is 62.7 Å². The molecule has 1 fully saturated rings. The number of hydrogen-bond acceptors (Lipinski definition) is 8. The van der Waals surface area contributed by atoms with Crippen molar-refractivity contribution in [1.29, 1.82) is 0 Å². The molecule has 122 valence electrons. The molecule has 2 rings (SSSR count). The van der Waals surface area contributed by atoms with Gasteiger partial charge in [-0.3, -0.25) is 10.1 Å². The number of hydrogen-bond donors (Lipinski definition) is 4. The molecule has 0 spiro atoms. The van der Waals surface area contributed by atoms with Gasteiger partial charge in [0.1, 0.15) is 30.2 Å². The Bertz CT molecular complexity index is 554. The number of benzene rings is 1. The van der Waals surface area contributed by atoms with Gasteiger partial charge in [-0.25, -0.2) is 0 Å². The Balaban J connectivity index is 2.17. The van der Waals surface area contributed by atoms with Crippen LogP contribution in [0.3, 0.4) is 0 Å². The van der Waals surface area contributed by atoms with Crippen molar-refractivity contribution >= 4 is 17.3 Å². The molecule has 0 amide bonds. The van der Waals surface area contributed by atoms with E-state index in [2.05, 4.69) is 0 Å². The Labute approximate surface area is 129 Å². The molecule has 0 aliphatic carbocycles. The van der Waals surface area contributed by atoms with Gasteiger partial charge >= 0.3 is 0 Å². The summed E-state index contributed by atoms with van der Waals surface area (Å²) in [6.45, 7) is -0.598. The molecular formula is C12H14ClNO8. The average molecular weight is 336 g/mol. The third-order valence-corrected chi connectivity index (χ3v) is 3.51. The van der Waals surface area contributed by atoms with Crippen LogP contribution < -0.4 is 4.74 Å². The van der Waals surface area contributed by atoms with E-state index in [-0.39, 0.29) is 16.5 Å². The molecule has 1 aromatic rings. The minimum Gasteiger partial charge on any atom is -0.460 e. The summed E-state index contributed by atoms with van der Waals surface area (Å²) in [6, 6.07) is 3.41. The van der Waals surface area contributed by atoms with Crippen molar-refractivity contribution in [3.8, 4) is 5.75 Å². The fourth-order valence-electron chi connectivity index (χ4n) is 1.99. The van der Waals surface area contributed by atoms with Crippen LogP contribution >= 0.6 is 11.6 Å². The molecule has 9 nitrogen and oxygen atoms in total. The lowest BCUT2D eigenvalue weighted by Gasteiger charge is -2.39. The largest absolute Gasteiger partial charge is 0.460 e. The smallest absolute Gasteiger partial charge is 0.271 e. The molecule has 5 atom stereocenters. The Kier molecular flexibility index (Phi) is 5.16. The molecule has 4 unspecified atom stereocenters. The van der Waals surface area contributed by atoms with Crippen molar-refractivity contribution in [3.05, 3.63) is 33.3 Å². The number of aliphatic hydroxyl groups excluding tert-OH is 4. The molecule has 0 aromatic heterocycles. The van der Waals surface area contributed by atoms with Crippen molar-refractivity contribution in [3.63, 3.8) is 0 Å². The summed E-state index contributed by atoms with van der Waals surface area (Å²) in [5.41, 5.74) is -0.244. The Morgan fingerprint density at radius 3 is 2.50 bits per heavy atom. The van der Waals surface area contributed by atoms with E-state index < -0.39 is 42.2 Å². The van der Waals surface area contributed by atoms with Gasteiger partial charge < -0.3 is 29.9 Å². The number of rotatable bonds is 4. The van der Waals surface area contributed by atoms with Crippen LogP contribution in [0, 0.1) is 10.1 Å². The maximum atomic E-state index is 10.6. The molecule has 1 aliphatic heterocycles. The summed E-state index contributed by atoms with van der Waals surface area (Å²) in [5, 5.41) is 48.7. The molecule has 4 N–H and O–H groups in total. The first-order chi connectivity index (χ1) is 10.3. The number of nitrogens with zero attached hydrogens (tertiary/aromatic N) is 1. The van der Waals surface area contributed by atoms with Crippen LogP contribution in [0.5, 0.6) is 5.75 Å². The second-order valence-electron chi connectivity index (χ2n) is 4.69. The zero-order valence-corrected chi connectivity index (χ0v) is 11.8. The van der Waals surface area contributed by atoms with E-state index >= 15 is 0 Å². The van der Waals surface area contributed by atoms with Crippen LogP contribution in [0.1, 0.15) is 0 Å². The van der Waals surface area contributed by atoms with Crippen LogP contribution in [0.25, 0.3) is 0 Å². The second-order valence-corrected chi connectivity index (χ2v) is 5.09. The van der Waals surface area contributed by atoms with E-state index in [1.54, 1.807) is 0 Å². The van der Waals surface area contributed by atoms with Gasteiger partial charge in [0.15, 0.2) is 0 Å². The molecule has 0 saturated carbocycles. The summed E-state index contributed by atoms with van der Waals surface area (Å²) in [5.74, 6) is -0.0170. The van der Waals surface area contributed by atoms with Crippen molar-refractivity contribution < 1.29 is 34.8 Å². The number of non-ortho nitro benzene ring substituents is 1.